The van der Waals surface area contributed by atoms with E-state index in [2.05, 4.69) is 0 Å². The predicted octanol–water partition coefficient (Wildman–Crippen LogP) is 3.80. The Labute approximate surface area is 112 Å². The number of ether oxygens (including phenoxy) is 1. The van der Waals surface area contributed by atoms with Crippen LogP contribution in [0.3, 0.4) is 0 Å². The Balaban J connectivity index is 2.90. The van der Waals surface area contributed by atoms with Crippen LogP contribution in [0.4, 0.5) is 4.39 Å². The van der Waals surface area contributed by atoms with Gasteiger partial charge in [-0.25, -0.2) is 4.39 Å². The highest BCUT2D eigenvalue weighted by atomic mass is 35.5. The molecule has 18 heavy (non-hydrogen) atoms. The molecular weight excluding hydrogens is 255 g/mol. The van der Waals surface area contributed by atoms with Crippen LogP contribution in [0.1, 0.15) is 32.8 Å². The first-order valence-electron chi connectivity index (χ1n) is 6.04. The molecule has 1 aromatic rings. The molecule has 2 nitrogen and oxygen atoms in total. The highest BCUT2D eigenvalue weighted by Gasteiger charge is 2.31. The first kappa shape index (κ1) is 15.1. The second-order valence-corrected chi connectivity index (χ2v) is 4.74. The molecule has 0 spiro atoms. The first-order chi connectivity index (χ1) is 8.44. The molecule has 0 amide bonds. The summed E-state index contributed by atoms with van der Waals surface area (Å²) in [5.74, 6) is -0.657. The summed E-state index contributed by atoms with van der Waals surface area (Å²) in [6, 6.07) is 4.67. The number of ketones is 1. The van der Waals surface area contributed by atoms with Crippen molar-refractivity contribution in [2.45, 2.75) is 39.2 Å². The fourth-order valence-corrected chi connectivity index (χ4v) is 1.94. The summed E-state index contributed by atoms with van der Waals surface area (Å²) in [4.78, 5) is 12.2. The van der Waals surface area contributed by atoms with Crippen molar-refractivity contribution < 1.29 is 13.9 Å². The number of rotatable bonds is 6. The molecule has 1 unspecified atom stereocenters. The topological polar surface area (TPSA) is 26.3 Å². The van der Waals surface area contributed by atoms with Gasteiger partial charge in [-0.1, -0.05) is 30.7 Å². The normalized spacial score (nSPS) is 14.3. The molecule has 1 aromatic carbocycles. The third-order valence-electron chi connectivity index (χ3n) is 3.11. The van der Waals surface area contributed by atoms with Crippen molar-refractivity contribution in [3.63, 3.8) is 0 Å². The second-order valence-electron chi connectivity index (χ2n) is 4.33. The van der Waals surface area contributed by atoms with Crippen molar-refractivity contribution in [1.29, 1.82) is 0 Å². The summed E-state index contributed by atoms with van der Waals surface area (Å²) in [5.41, 5.74) is -0.546. The van der Waals surface area contributed by atoms with Gasteiger partial charge in [0.15, 0.2) is 5.78 Å². The Kier molecular flexibility index (Phi) is 5.29. The standard InChI is InChI=1S/C14H18ClFO2/c1-4-14(3,18-5-2)12(17)9-10-7-6-8-11(15)13(10)16/h6-8H,4-5,9H2,1-3H3. The van der Waals surface area contributed by atoms with Gasteiger partial charge in [0, 0.05) is 13.0 Å². The highest BCUT2D eigenvalue weighted by Crippen LogP contribution is 2.23. The molecule has 1 rings (SSSR count). The monoisotopic (exact) mass is 272 g/mol. The third-order valence-corrected chi connectivity index (χ3v) is 3.40. The van der Waals surface area contributed by atoms with E-state index < -0.39 is 11.4 Å². The highest BCUT2D eigenvalue weighted by molar-refractivity contribution is 6.30. The largest absolute Gasteiger partial charge is 0.368 e. The quantitative estimate of drug-likeness (QED) is 0.787. The molecule has 0 aliphatic carbocycles. The maximum Gasteiger partial charge on any atom is 0.168 e. The molecule has 0 radical (unpaired) electrons. The Morgan fingerprint density at radius 1 is 1.44 bits per heavy atom. The lowest BCUT2D eigenvalue weighted by Crippen LogP contribution is -2.39. The molecule has 0 aromatic heterocycles. The number of hydrogen-bond acceptors (Lipinski definition) is 2. The molecule has 0 aliphatic rings. The summed E-state index contributed by atoms with van der Waals surface area (Å²) in [5, 5.41) is 0.0370. The van der Waals surface area contributed by atoms with Crippen LogP contribution in [0.5, 0.6) is 0 Å². The first-order valence-corrected chi connectivity index (χ1v) is 6.42. The molecule has 0 saturated heterocycles. The van der Waals surface area contributed by atoms with E-state index in [1.54, 1.807) is 19.1 Å². The molecule has 0 aliphatic heterocycles. The molecule has 0 heterocycles. The van der Waals surface area contributed by atoms with Crippen LogP contribution in [0, 0.1) is 5.82 Å². The van der Waals surface area contributed by atoms with Crippen molar-refractivity contribution in [2.24, 2.45) is 0 Å². The van der Waals surface area contributed by atoms with Gasteiger partial charge in [0.25, 0.3) is 0 Å². The van der Waals surface area contributed by atoms with Crippen LogP contribution in [0.2, 0.25) is 5.02 Å². The number of Topliss-reactive ketones (excluding diaryl/α,β-unsaturated/α-hetero) is 1. The van der Waals surface area contributed by atoms with Crippen LogP contribution in [-0.2, 0) is 16.0 Å². The van der Waals surface area contributed by atoms with Gasteiger partial charge in [-0.2, -0.15) is 0 Å². The van der Waals surface area contributed by atoms with E-state index in [1.165, 1.54) is 6.07 Å². The van der Waals surface area contributed by atoms with Gasteiger partial charge >= 0.3 is 0 Å². The number of hydrogen-bond donors (Lipinski definition) is 0. The van der Waals surface area contributed by atoms with E-state index in [4.69, 9.17) is 16.3 Å². The Hall–Kier alpha value is -0.930. The molecule has 4 heteroatoms. The average molecular weight is 273 g/mol. The molecule has 100 valence electrons. The Bertz CT molecular complexity index is 434. The number of halogens is 2. The minimum atomic E-state index is -0.858. The number of carbonyl (C=O) groups excluding carboxylic acids is 1. The molecule has 1 atom stereocenters. The van der Waals surface area contributed by atoms with Gasteiger partial charge in [-0.05, 0) is 31.9 Å². The fraction of sp³-hybridized carbons (Fsp3) is 0.500. The van der Waals surface area contributed by atoms with Crippen molar-refractivity contribution >= 4 is 17.4 Å². The Morgan fingerprint density at radius 2 is 2.11 bits per heavy atom. The van der Waals surface area contributed by atoms with Crippen LogP contribution in [0.25, 0.3) is 0 Å². The zero-order valence-corrected chi connectivity index (χ0v) is 11.7. The van der Waals surface area contributed by atoms with Gasteiger partial charge in [-0.3, -0.25) is 4.79 Å². The van der Waals surface area contributed by atoms with Crippen molar-refractivity contribution in [3.8, 4) is 0 Å². The van der Waals surface area contributed by atoms with Gasteiger partial charge in [0.05, 0.1) is 5.02 Å². The average Bonchev–Trinajstić information content (AvgIpc) is 2.35. The minimum Gasteiger partial charge on any atom is -0.368 e. The predicted molar refractivity (Wildman–Crippen MR) is 70.4 cm³/mol. The van der Waals surface area contributed by atoms with Gasteiger partial charge in [-0.15, -0.1) is 0 Å². The molecule has 0 bridgehead atoms. The SMILES string of the molecule is CCOC(C)(CC)C(=O)Cc1cccc(Cl)c1F. The smallest absolute Gasteiger partial charge is 0.168 e. The third kappa shape index (κ3) is 3.30. The van der Waals surface area contributed by atoms with Crippen LogP contribution in [0.15, 0.2) is 18.2 Å². The molecular formula is C14H18ClFO2. The van der Waals surface area contributed by atoms with Gasteiger partial charge in [0.1, 0.15) is 11.4 Å². The molecule has 0 N–H and O–H groups in total. The minimum absolute atomic E-state index is 0.00324. The molecule has 0 saturated carbocycles. The van der Waals surface area contributed by atoms with Gasteiger partial charge < -0.3 is 4.74 Å². The zero-order valence-electron chi connectivity index (χ0n) is 10.9. The maximum atomic E-state index is 13.7. The van der Waals surface area contributed by atoms with E-state index in [9.17, 15) is 9.18 Å². The van der Waals surface area contributed by atoms with Crippen molar-refractivity contribution in [3.05, 3.63) is 34.6 Å². The lowest BCUT2D eigenvalue weighted by molar-refractivity contribution is -0.141. The van der Waals surface area contributed by atoms with Crippen LogP contribution in [-0.4, -0.2) is 18.0 Å². The van der Waals surface area contributed by atoms with Crippen molar-refractivity contribution in [2.75, 3.05) is 6.61 Å². The van der Waals surface area contributed by atoms with E-state index >= 15 is 0 Å². The van der Waals surface area contributed by atoms with Gasteiger partial charge in [0.2, 0.25) is 0 Å². The number of benzene rings is 1. The zero-order chi connectivity index (χ0) is 13.8. The lowest BCUT2D eigenvalue weighted by atomic mass is 9.92. The van der Waals surface area contributed by atoms with Crippen LogP contribution >= 0.6 is 11.6 Å². The van der Waals surface area contributed by atoms with Crippen LogP contribution < -0.4 is 0 Å². The summed E-state index contributed by atoms with van der Waals surface area (Å²) in [7, 11) is 0. The summed E-state index contributed by atoms with van der Waals surface area (Å²) < 4.78 is 19.2. The van der Waals surface area contributed by atoms with E-state index in [-0.39, 0.29) is 17.2 Å². The Morgan fingerprint density at radius 3 is 2.67 bits per heavy atom. The summed E-state index contributed by atoms with van der Waals surface area (Å²) >= 11 is 5.69. The fourth-order valence-electron chi connectivity index (χ4n) is 1.74. The number of carbonyl (C=O) groups is 1. The lowest BCUT2D eigenvalue weighted by Gasteiger charge is -2.26. The van der Waals surface area contributed by atoms with E-state index in [0.717, 1.165) is 0 Å². The molecule has 0 fully saturated rings. The van der Waals surface area contributed by atoms with E-state index in [1.807, 2.05) is 13.8 Å². The summed E-state index contributed by atoms with van der Waals surface area (Å²) in [6.45, 7) is 5.90. The second kappa shape index (κ2) is 6.30. The van der Waals surface area contributed by atoms with Crippen molar-refractivity contribution in [1.82, 2.24) is 0 Å². The van der Waals surface area contributed by atoms with E-state index in [0.29, 0.717) is 18.6 Å². The summed E-state index contributed by atoms with van der Waals surface area (Å²) in [6.07, 6.45) is 0.554. The maximum absolute atomic E-state index is 13.7.